The van der Waals surface area contributed by atoms with Crippen LogP contribution in [-0.2, 0) is 4.79 Å². The van der Waals surface area contributed by atoms with E-state index in [1.54, 1.807) is 0 Å². The summed E-state index contributed by atoms with van der Waals surface area (Å²) in [5, 5.41) is 2.38. The van der Waals surface area contributed by atoms with Gasteiger partial charge in [0.1, 0.15) is 0 Å². The van der Waals surface area contributed by atoms with Gasteiger partial charge in [-0.1, -0.05) is 0 Å². The first kappa shape index (κ1) is 10.1. The first-order valence-electron chi connectivity index (χ1n) is 2.89. The molecule has 13 heavy (non-hydrogen) atoms. The van der Waals surface area contributed by atoms with Gasteiger partial charge < -0.3 is 5.11 Å². The number of carbonyl (C=O) groups is 1. The normalized spacial score (nSPS) is 15.2. The third kappa shape index (κ3) is 1.68. The lowest BCUT2D eigenvalue weighted by molar-refractivity contribution is -0.347. The second kappa shape index (κ2) is 2.74. The standard InChI is InChI=1S/C4HF7O2/c5-2(6,1(12)13)3(7,8)4(9,10)11/h(H,12,13)/i/hD. The first-order valence-corrected chi connectivity index (χ1v) is 2.48. The Bertz CT molecular complexity index is 234. The average Bonchev–Trinajstić information content (AvgIpc) is 2.00. The number of halogens is 7. The molecule has 0 unspecified atom stereocenters. The summed E-state index contributed by atoms with van der Waals surface area (Å²) in [6.07, 6.45) is -6.61. The van der Waals surface area contributed by atoms with Gasteiger partial charge in [-0.3, -0.25) is 0 Å². The fourth-order valence-electron chi connectivity index (χ4n) is 0.306. The SMILES string of the molecule is [2H]OC(=O)C(F)(F)C(F)(F)C(F)(F)F. The van der Waals surface area contributed by atoms with Gasteiger partial charge in [-0.2, -0.15) is 30.7 Å². The molecule has 0 aliphatic heterocycles. The van der Waals surface area contributed by atoms with Crippen LogP contribution < -0.4 is 0 Å². The van der Waals surface area contributed by atoms with Crippen LogP contribution in [0.5, 0.6) is 0 Å². The van der Waals surface area contributed by atoms with Gasteiger partial charge in [-0.05, 0) is 0 Å². The maximum absolute atomic E-state index is 12.0. The predicted octanol–water partition coefficient (Wildman–Crippen LogP) is 1.90. The Morgan fingerprint density at radius 3 is 1.69 bits per heavy atom. The summed E-state index contributed by atoms with van der Waals surface area (Å²) in [4.78, 5) is 9.79. The van der Waals surface area contributed by atoms with Crippen LogP contribution in [0.3, 0.4) is 0 Å². The van der Waals surface area contributed by atoms with Crippen molar-refractivity contribution >= 4 is 5.97 Å². The summed E-state index contributed by atoms with van der Waals surface area (Å²) in [6, 6.07) is 0. The van der Waals surface area contributed by atoms with E-state index in [1.165, 1.54) is 0 Å². The fraction of sp³-hybridized carbons (Fsp3) is 0.750. The Hall–Kier alpha value is -1.02. The van der Waals surface area contributed by atoms with E-state index in [1.807, 2.05) is 0 Å². The van der Waals surface area contributed by atoms with Crippen LogP contribution in [0.25, 0.3) is 1.43 Å². The molecule has 1 N–H and O–H groups in total. The van der Waals surface area contributed by atoms with Crippen LogP contribution in [0.2, 0.25) is 0 Å². The molecule has 0 saturated heterocycles. The van der Waals surface area contributed by atoms with Crippen molar-refractivity contribution in [3.05, 3.63) is 0 Å². The zero-order chi connectivity index (χ0) is 11.8. The molecule has 0 heterocycles. The largest absolute Gasteiger partial charge is 0.477 e. The summed E-state index contributed by atoms with van der Waals surface area (Å²) in [7, 11) is 0. The summed E-state index contributed by atoms with van der Waals surface area (Å²) >= 11 is 0. The molecule has 0 radical (unpaired) electrons. The minimum atomic E-state index is -6.61. The van der Waals surface area contributed by atoms with Crippen LogP contribution in [0.4, 0.5) is 30.7 Å². The molecule has 0 bridgehead atoms. The van der Waals surface area contributed by atoms with Gasteiger partial charge in [0.15, 0.2) is 0 Å². The third-order valence-electron chi connectivity index (χ3n) is 1.01. The molecule has 0 amide bonds. The molecule has 0 saturated carbocycles. The second-order valence-electron chi connectivity index (χ2n) is 1.93. The van der Waals surface area contributed by atoms with Crippen LogP contribution in [0, 0.1) is 0 Å². The third-order valence-corrected chi connectivity index (χ3v) is 1.01. The summed E-state index contributed by atoms with van der Waals surface area (Å²) < 4.78 is 87.3. The Balaban J connectivity index is 5.18. The Labute approximate surface area is 67.4 Å². The van der Waals surface area contributed by atoms with Crippen molar-refractivity contribution in [1.82, 2.24) is 0 Å². The van der Waals surface area contributed by atoms with Crippen LogP contribution in [0.15, 0.2) is 0 Å². The molecular weight excluding hydrogens is 213 g/mol. The molecule has 0 aromatic rings. The highest BCUT2D eigenvalue weighted by Crippen LogP contribution is 2.46. The highest BCUT2D eigenvalue weighted by atomic mass is 19.4. The topological polar surface area (TPSA) is 37.3 Å². The van der Waals surface area contributed by atoms with E-state index in [4.69, 9.17) is 1.43 Å². The van der Waals surface area contributed by atoms with Gasteiger partial charge in [0.2, 0.25) is 0 Å². The van der Waals surface area contributed by atoms with Crippen LogP contribution in [-0.4, -0.2) is 29.1 Å². The van der Waals surface area contributed by atoms with Gasteiger partial charge >= 0.3 is 24.0 Å². The molecule has 78 valence electrons. The number of aliphatic carboxylic acids is 1. The molecule has 0 rings (SSSR count). The smallest absolute Gasteiger partial charge is 0.460 e. The predicted molar refractivity (Wildman–Crippen MR) is 23.6 cm³/mol. The lowest BCUT2D eigenvalue weighted by Crippen LogP contribution is -2.56. The van der Waals surface area contributed by atoms with Gasteiger partial charge in [0.05, 0.1) is 0 Å². The number of carboxylic acids is 1. The highest BCUT2D eigenvalue weighted by Gasteiger charge is 2.76. The van der Waals surface area contributed by atoms with E-state index < -0.39 is 24.0 Å². The number of hydrogen-bond acceptors (Lipinski definition) is 2. The molecule has 0 aromatic heterocycles. The minimum absolute atomic E-state index is 2.38. The highest BCUT2D eigenvalue weighted by molar-refractivity contribution is 5.76. The fourth-order valence-corrected chi connectivity index (χ4v) is 0.306. The van der Waals surface area contributed by atoms with Crippen LogP contribution >= 0.6 is 0 Å². The van der Waals surface area contributed by atoms with E-state index in [2.05, 4.69) is 5.11 Å². The zero-order valence-corrected chi connectivity index (χ0v) is 5.46. The molecule has 0 atom stereocenters. The minimum Gasteiger partial charge on any atom is -0.477 e. The molecule has 0 spiro atoms. The number of hydrogen-bond donors (Lipinski definition) is 1. The molecule has 0 fully saturated rings. The maximum atomic E-state index is 12.0. The molecule has 2 nitrogen and oxygen atoms in total. The monoisotopic (exact) mass is 215 g/mol. The molecule has 0 aromatic carbocycles. The van der Waals surface area contributed by atoms with Crippen molar-refractivity contribution in [1.29, 1.82) is 1.43 Å². The molecule has 0 aliphatic carbocycles. The van der Waals surface area contributed by atoms with Gasteiger partial charge in [-0.25, -0.2) is 4.79 Å². The van der Waals surface area contributed by atoms with Crippen molar-refractivity contribution in [2.24, 2.45) is 0 Å². The van der Waals surface area contributed by atoms with Gasteiger partial charge in [0, 0.05) is 0 Å². The molecular formula is C4HF7O2. The van der Waals surface area contributed by atoms with E-state index in [0.29, 0.717) is 0 Å². The van der Waals surface area contributed by atoms with Gasteiger partial charge in [-0.15, -0.1) is 0 Å². The first-order chi connectivity index (χ1) is 5.98. The van der Waals surface area contributed by atoms with Crippen molar-refractivity contribution in [3.63, 3.8) is 0 Å². The molecule has 0 aliphatic rings. The number of carboxylic acid groups (broad SMARTS) is 1. The average molecular weight is 215 g/mol. The summed E-state index contributed by atoms with van der Waals surface area (Å²) in [5.74, 6) is -16.0. The molecule has 9 heteroatoms. The van der Waals surface area contributed by atoms with E-state index in [0.717, 1.165) is 0 Å². The number of alkyl halides is 7. The Kier molecular flexibility index (Phi) is 2.12. The van der Waals surface area contributed by atoms with Crippen molar-refractivity contribution < 1.29 is 40.6 Å². The zero-order valence-electron chi connectivity index (χ0n) is 6.46. The van der Waals surface area contributed by atoms with Crippen molar-refractivity contribution in [2.75, 3.05) is 0 Å². The summed E-state index contributed by atoms with van der Waals surface area (Å²) in [6.45, 7) is 0. The van der Waals surface area contributed by atoms with Crippen LogP contribution in [0.1, 0.15) is 0 Å². The lowest BCUT2D eigenvalue weighted by atomic mass is 10.1. The second-order valence-corrected chi connectivity index (χ2v) is 1.93. The van der Waals surface area contributed by atoms with Crippen molar-refractivity contribution in [3.8, 4) is 0 Å². The maximum Gasteiger partial charge on any atom is 0.460 e. The Morgan fingerprint density at radius 1 is 1.08 bits per heavy atom. The van der Waals surface area contributed by atoms with E-state index in [9.17, 15) is 35.5 Å². The Morgan fingerprint density at radius 2 is 1.46 bits per heavy atom. The van der Waals surface area contributed by atoms with Gasteiger partial charge in [0.25, 0.3) is 1.43 Å². The number of rotatable bonds is 2. The lowest BCUT2D eigenvalue weighted by Gasteiger charge is -2.24. The van der Waals surface area contributed by atoms with Crippen molar-refractivity contribution in [2.45, 2.75) is 18.0 Å². The quantitative estimate of drug-likeness (QED) is 0.714. The van der Waals surface area contributed by atoms with E-state index in [-0.39, 0.29) is 0 Å². The van der Waals surface area contributed by atoms with E-state index >= 15 is 0 Å². The summed E-state index contributed by atoms with van der Waals surface area (Å²) in [5.41, 5.74) is 0.